The maximum atomic E-state index is 13.2. The number of carbonyl (C=O) groups excluding carboxylic acids is 1. The highest BCUT2D eigenvalue weighted by atomic mass is 79.9. The summed E-state index contributed by atoms with van der Waals surface area (Å²) in [7, 11) is 0. The highest BCUT2D eigenvalue weighted by Crippen LogP contribution is 2.28. The van der Waals surface area contributed by atoms with Crippen molar-refractivity contribution in [1.29, 1.82) is 0 Å². The van der Waals surface area contributed by atoms with Crippen LogP contribution in [0.4, 0.5) is 15.8 Å². The Balaban J connectivity index is 1.89. The van der Waals surface area contributed by atoms with Crippen LogP contribution in [0.3, 0.4) is 0 Å². The van der Waals surface area contributed by atoms with Crippen LogP contribution in [0.5, 0.6) is 0 Å². The van der Waals surface area contributed by atoms with Crippen molar-refractivity contribution in [3.8, 4) is 0 Å². The van der Waals surface area contributed by atoms with Crippen LogP contribution < -0.4 is 11.1 Å². The normalized spacial score (nSPS) is 10.8. The van der Waals surface area contributed by atoms with Crippen LogP contribution in [0.1, 0.15) is 9.67 Å². The number of nitrogens with one attached hydrogen (secondary N) is 1. The molecule has 3 N–H and O–H groups in total. The summed E-state index contributed by atoms with van der Waals surface area (Å²) in [5.41, 5.74) is 6.88. The molecule has 1 amide bonds. The van der Waals surface area contributed by atoms with E-state index in [2.05, 4.69) is 21.2 Å². The van der Waals surface area contributed by atoms with Crippen LogP contribution in [0.2, 0.25) is 0 Å². The first kappa shape index (κ1) is 14.0. The number of anilines is 2. The molecule has 2 aromatic carbocycles. The van der Waals surface area contributed by atoms with E-state index < -0.39 is 0 Å². The van der Waals surface area contributed by atoms with E-state index in [1.807, 2.05) is 0 Å². The molecule has 1 aromatic heterocycles. The second kappa shape index (κ2) is 5.46. The molecule has 0 bridgehead atoms. The minimum Gasteiger partial charge on any atom is -0.397 e. The molecule has 0 radical (unpaired) electrons. The van der Waals surface area contributed by atoms with E-state index in [0.717, 1.165) is 14.6 Å². The zero-order valence-electron chi connectivity index (χ0n) is 10.7. The van der Waals surface area contributed by atoms with Gasteiger partial charge in [0, 0.05) is 9.17 Å². The van der Waals surface area contributed by atoms with E-state index >= 15 is 0 Å². The molecule has 106 valence electrons. The molecule has 21 heavy (non-hydrogen) atoms. The Morgan fingerprint density at radius 1 is 1.19 bits per heavy atom. The number of benzene rings is 2. The summed E-state index contributed by atoms with van der Waals surface area (Å²) in [4.78, 5) is 12.8. The second-order valence-electron chi connectivity index (χ2n) is 4.48. The lowest BCUT2D eigenvalue weighted by Crippen LogP contribution is -2.11. The number of thiophene rings is 1. The number of nitrogens with two attached hydrogens (primary N) is 1. The van der Waals surface area contributed by atoms with Gasteiger partial charge in [0.2, 0.25) is 0 Å². The molecule has 0 fully saturated rings. The van der Waals surface area contributed by atoms with E-state index in [0.29, 0.717) is 16.3 Å². The lowest BCUT2D eigenvalue weighted by molar-refractivity contribution is 0.103. The largest absolute Gasteiger partial charge is 0.397 e. The summed E-state index contributed by atoms with van der Waals surface area (Å²) in [6.07, 6.45) is 0. The first-order valence-electron chi connectivity index (χ1n) is 6.08. The van der Waals surface area contributed by atoms with Gasteiger partial charge in [-0.1, -0.05) is 22.0 Å². The quantitative estimate of drug-likeness (QED) is 0.650. The number of amides is 1. The first-order valence-corrected chi connectivity index (χ1v) is 7.69. The van der Waals surface area contributed by atoms with Crippen LogP contribution in [-0.2, 0) is 0 Å². The second-order valence-corrected chi connectivity index (χ2v) is 6.48. The van der Waals surface area contributed by atoms with Crippen molar-refractivity contribution in [3.05, 3.63) is 57.6 Å². The van der Waals surface area contributed by atoms with Gasteiger partial charge >= 0.3 is 0 Å². The van der Waals surface area contributed by atoms with Crippen molar-refractivity contribution in [2.24, 2.45) is 0 Å². The molecular weight excluding hydrogens is 355 g/mol. The Kier molecular flexibility index (Phi) is 3.65. The monoisotopic (exact) mass is 364 g/mol. The molecule has 3 aromatic rings. The smallest absolute Gasteiger partial charge is 0.265 e. The Bertz CT molecular complexity index is 847. The molecule has 0 spiro atoms. The molecule has 3 nitrogen and oxygen atoms in total. The van der Waals surface area contributed by atoms with Crippen molar-refractivity contribution in [1.82, 2.24) is 0 Å². The standard InChI is InChI=1S/C15H10BrFN2OS/c16-9-2-4-12(11(18)6-9)19-15(20)14-5-8-1-3-10(17)7-13(8)21-14/h1-7H,18H2,(H,19,20). The topological polar surface area (TPSA) is 55.1 Å². The Hall–Kier alpha value is -1.92. The molecule has 0 unspecified atom stereocenters. The van der Waals surface area contributed by atoms with Crippen LogP contribution >= 0.6 is 27.3 Å². The summed E-state index contributed by atoms with van der Waals surface area (Å²) >= 11 is 4.56. The Labute approximate surface area is 132 Å². The highest BCUT2D eigenvalue weighted by molar-refractivity contribution is 9.10. The molecule has 0 aliphatic rings. The van der Waals surface area contributed by atoms with Crippen LogP contribution in [0.15, 0.2) is 46.9 Å². The number of carbonyl (C=O) groups is 1. The van der Waals surface area contributed by atoms with Crippen LogP contribution in [-0.4, -0.2) is 5.91 Å². The predicted octanol–water partition coefficient (Wildman–Crippen LogP) is 4.64. The SMILES string of the molecule is Nc1cc(Br)ccc1NC(=O)c1cc2ccc(F)cc2s1. The van der Waals surface area contributed by atoms with Gasteiger partial charge in [-0.3, -0.25) is 4.79 Å². The van der Waals surface area contributed by atoms with Crippen molar-refractivity contribution in [2.75, 3.05) is 11.1 Å². The van der Waals surface area contributed by atoms with E-state index in [-0.39, 0.29) is 11.7 Å². The van der Waals surface area contributed by atoms with Gasteiger partial charge in [0.25, 0.3) is 5.91 Å². The number of nitrogen functional groups attached to an aromatic ring is 1. The molecule has 0 atom stereocenters. The number of hydrogen-bond acceptors (Lipinski definition) is 3. The number of rotatable bonds is 2. The van der Waals surface area contributed by atoms with E-state index in [1.165, 1.54) is 23.5 Å². The van der Waals surface area contributed by atoms with Gasteiger partial charge in [0.1, 0.15) is 5.82 Å². The average molecular weight is 365 g/mol. The Morgan fingerprint density at radius 2 is 2.00 bits per heavy atom. The summed E-state index contributed by atoms with van der Waals surface area (Å²) in [6.45, 7) is 0. The van der Waals surface area contributed by atoms with Gasteiger partial charge in [-0.15, -0.1) is 11.3 Å². The van der Waals surface area contributed by atoms with Gasteiger partial charge in [0.15, 0.2) is 0 Å². The Morgan fingerprint density at radius 3 is 2.76 bits per heavy atom. The molecule has 6 heteroatoms. The molecule has 0 saturated carbocycles. The number of hydrogen-bond donors (Lipinski definition) is 2. The fourth-order valence-corrected chi connectivity index (χ4v) is 3.31. The fourth-order valence-electron chi connectivity index (χ4n) is 1.95. The summed E-state index contributed by atoms with van der Waals surface area (Å²) < 4.78 is 14.8. The van der Waals surface area contributed by atoms with Crippen LogP contribution in [0, 0.1) is 5.82 Å². The van der Waals surface area contributed by atoms with E-state index in [9.17, 15) is 9.18 Å². The molecule has 1 heterocycles. The zero-order valence-corrected chi connectivity index (χ0v) is 13.1. The summed E-state index contributed by atoms with van der Waals surface area (Å²) in [5.74, 6) is -0.570. The maximum absolute atomic E-state index is 13.2. The third kappa shape index (κ3) is 2.91. The molecule has 0 aliphatic heterocycles. The fraction of sp³-hybridized carbons (Fsp3) is 0. The van der Waals surface area contributed by atoms with Crippen LogP contribution in [0.25, 0.3) is 10.1 Å². The molecule has 0 aliphatic carbocycles. The van der Waals surface area contributed by atoms with Gasteiger partial charge in [0.05, 0.1) is 16.3 Å². The van der Waals surface area contributed by atoms with Crippen molar-refractivity contribution >= 4 is 54.6 Å². The van der Waals surface area contributed by atoms with Crippen molar-refractivity contribution < 1.29 is 9.18 Å². The predicted molar refractivity (Wildman–Crippen MR) is 88.3 cm³/mol. The zero-order chi connectivity index (χ0) is 15.0. The minimum absolute atomic E-state index is 0.259. The number of halogens is 2. The first-order chi connectivity index (χ1) is 10.0. The van der Waals surface area contributed by atoms with Crippen molar-refractivity contribution in [2.45, 2.75) is 0 Å². The van der Waals surface area contributed by atoms with Gasteiger partial charge in [-0.25, -0.2) is 4.39 Å². The molecule has 3 rings (SSSR count). The average Bonchev–Trinajstić information content (AvgIpc) is 2.85. The lowest BCUT2D eigenvalue weighted by Gasteiger charge is -2.07. The highest BCUT2D eigenvalue weighted by Gasteiger charge is 2.12. The van der Waals surface area contributed by atoms with Gasteiger partial charge in [-0.05, 0) is 41.8 Å². The third-order valence-corrected chi connectivity index (χ3v) is 4.56. The molecular formula is C15H10BrFN2OS. The molecule has 0 saturated heterocycles. The van der Waals surface area contributed by atoms with E-state index in [4.69, 9.17) is 5.73 Å². The minimum atomic E-state index is -0.312. The third-order valence-electron chi connectivity index (χ3n) is 2.97. The maximum Gasteiger partial charge on any atom is 0.265 e. The summed E-state index contributed by atoms with van der Waals surface area (Å²) in [5, 5.41) is 3.60. The summed E-state index contributed by atoms with van der Waals surface area (Å²) in [6, 6.07) is 11.4. The number of fused-ring (bicyclic) bond motifs is 1. The van der Waals surface area contributed by atoms with Crippen molar-refractivity contribution in [3.63, 3.8) is 0 Å². The van der Waals surface area contributed by atoms with Gasteiger partial charge in [-0.2, -0.15) is 0 Å². The lowest BCUT2D eigenvalue weighted by atomic mass is 10.2. The van der Waals surface area contributed by atoms with E-state index in [1.54, 1.807) is 30.3 Å². The van der Waals surface area contributed by atoms with Gasteiger partial charge < -0.3 is 11.1 Å².